The topological polar surface area (TPSA) is 46.6 Å². The third-order valence-corrected chi connectivity index (χ3v) is 7.98. The largest absolute Gasteiger partial charge is 0.491 e. The molecule has 0 heterocycles. The van der Waals surface area contributed by atoms with Gasteiger partial charge in [-0.05, 0) is 30.2 Å². The van der Waals surface area contributed by atoms with E-state index in [1.807, 2.05) is 92.7 Å². The third kappa shape index (κ3) is 5.93. The molecule has 0 aliphatic rings. The van der Waals surface area contributed by atoms with Gasteiger partial charge in [-0.25, -0.2) is 8.42 Å². The minimum atomic E-state index is -3.62. The number of rotatable bonds is 10. The Kier molecular flexibility index (Phi) is 8.36. The van der Waals surface area contributed by atoms with Crippen LogP contribution in [0.3, 0.4) is 0 Å². The van der Waals surface area contributed by atoms with Gasteiger partial charge in [0.15, 0.2) is 0 Å². The fourth-order valence-electron chi connectivity index (χ4n) is 4.08. The second kappa shape index (κ2) is 11.8. The Hall–Kier alpha value is -3.67. The van der Waals surface area contributed by atoms with Crippen molar-refractivity contribution in [1.29, 1.82) is 0 Å². The molecule has 5 heteroatoms. The molecule has 0 atom stereocenters. The summed E-state index contributed by atoms with van der Waals surface area (Å²) in [5.41, 5.74) is 4.98. The first-order valence-electron chi connectivity index (χ1n) is 12.1. The fourth-order valence-corrected chi connectivity index (χ4v) is 5.52. The van der Waals surface area contributed by atoms with Crippen molar-refractivity contribution >= 4 is 21.4 Å². The number of ether oxygens (including phenoxy) is 1. The zero-order valence-electron chi connectivity index (χ0n) is 20.7. The highest BCUT2D eigenvalue weighted by Crippen LogP contribution is 2.33. The molecule has 0 aliphatic heterocycles. The molecule has 36 heavy (non-hydrogen) atoms. The molecule has 0 unspecified atom stereocenters. The zero-order chi connectivity index (χ0) is 25.4. The Labute approximate surface area is 214 Å². The monoisotopic (exact) mass is 497 g/mol. The van der Waals surface area contributed by atoms with E-state index < -0.39 is 10.0 Å². The zero-order valence-corrected chi connectivity index (χ0v) is 21.5. The summed E-state index contributed by atoms with van der Waals surface area (Å²) >= 11 is 0. The molecule has 4 aromatic carbocycles. The summed E-state index contributed by atoms with van der Waals surface area (Å²) in [5.74, 6) is 0.719. The van der Waals surface area contributed by atoms with Gasteiger partial charge >= 0.3 is 0 Å². The van der Waals surface area contributed by atoms with Gasteiger partial charge in [0.25, 0.3) is 0 Å². The van der Waals surface area contributed by atoms with Gasteiger partial charge in [-0.1, -0.05) is 116 Å². The average Bonchev–Trinajstić information content (AvgIpc) is 2.92. The van der Waals surface area contributed by atoms with Gasteiger partial charge in [-0.15, -0.1) is 0 Å². The Morgan fingerprint density at radius 3 is 1.64 bits per heavy atom. The maximum atomic E-state index is 13.3. The first kappa shape index (κ1) is 25.4. The molecule has 4 rings (SSSR count). The van der Waals surface area contributed by atoms with Gasteiger partial charge in [0.05, 0.1) is 4.90 Å². The first-order chi connectivity index (χ1) is 17.5. The van der Waals surface area contributed by atoms with Crippen LogP contribution in [0.4, 0.5) is 0 Å². The Morgan fingerprint density at radius 1 is 0.694 bits per heavy atom. The Bertz CT molecular complexity index is 1340. The molecule has 0 N–H and O–H groups in total. The average molecular weight is 498 g/mol. The predicted molar refractivity (Wildman–Crippen MR) is 147 cm³/mol. The number of sulfonamides is 1. The summed E-state index contributed by atoms with van der Waals surface area (Å²) < 4.78 is 34.4. The summed E-state index contributed by atoms with van der Waals surface area (Å²) in [4.78, 5) is 0.294. The molecule has 0 radical (unpaired) electrons. The van der Waals surface area contributed by atoms with Crippen molar-refractivity contribution in [2.75, 3.05) is 19.7 Å². The summed E-state index contributed by atoms with van der Waals surface area (Å²) in [6, 6.07) is 37.2. The quantitative estimate of drug-likeness (QED) is 0.182. The number of likely N-dealkylation sites (N-methyl/N-ethyl adjacent to an activating group) is 1. The van der Waals surface area contributed by atoms with E-state index in [1.165, 1.54) is 4.31 Å². The van der Waals surface area contributed by atoms with Crippen LogP contribution in [0.15, 0.2) is 120 Å². The predicted octanol–water partition coefficient (Wildman–Crippen LogP) is 6.64. The highest BCUT2D eigenvalue weighted by atomic mass is 32.2. The van der Waals surface area contributed by atoms with Crippen LogP contribution in [0, 0.1) is 6.92 Å². The molecule has 0 saturated carbocycles. The maximum absolute atomic E-state index is 13.3. The molecule has 184 valence electrons. The highest BCUT2D eigenvalue weighted by Gasteiger charge is 2.23. The lowest BCUT2D eigenvalue weighted by molar-refractivity contribution is 0.246. The van der Waals surface area contributed by atoms with Crippen LogP contribution >= 0.6 is 0 Å². The standard InChI is InChI=1S/C31H31NO3S/c1-3-32(36(33,34)29-21-19-25(2)20-22-29)23-24-35-31(28-17-11-6-12-18-28)30(26-13-7-4-8-14-26)27-15-9-5-10-16-27/h4-22H,3,23-24H2,1-2H3. The molecule has 0 bridgehead atoms. The van der Waals surface area contributed by atoms with E-state index in [4.69, 9.17) is 4.74 Å². The van der Waals surface area contributed by atoms with Crippen LogP contribution in [0.1, 0.15) is 29.2 Å². The SMILES string of the molecule is CCN(CCOC(=C(c1ccccc1)c1ccccc1)c1ccccc1)S(=O)(=O)c1ccc(C)cc1. The molecule has 0 aliphatic carbocycles. The molecule has 0 spiro atoms. The van der Waals surface area contributed by atoms with Crippen LogP contribution < -0.4 is 0 Å². The Morgan fingerprint density at radius 2 is 1.17 bits per heavy atom. The van der Waals surface area contributed by atoms with Crippen LogP contribution in [-0.2, 0) is 14.8 Å². The number of hydrogen-bond donors (Lipinski definition) is 0. The van der Waals surface area contributed by atoms with Gasteiger partial charge in [-0.3, -0.25) is 0 Å². The summed E-state index contributed by atoms with van der Waals surface area (Å²) in [5, 5.41) is 0. The van der Waals surface area contributed by atoms with E-state index >= 15 is 0 Å². The second-order valence-corrected chi connectivity index (χ2v) is 10.4. The minimum absolute atomic E-state index is 0.215. The van der Waals surface area contributed by atoms with E-state index in [1.54, 1.807) is 12.1 Å². The van der Waals surface area contributed by atoms with Gasteiger partial charge < -0.3 is 4.74 Å². The Balaban J connectivity index is 1.69. The van der Waals surface area contributed by atoms with Gasteiger partial charge in [0.1, 0.15) is 12.4 Å². The summed E-state index contributed by atoms with van der Waals surface area (Å²) in [7, 11) is -3.62. The summed E-state index contributed by atoms with van der Waals surface area (Å²) in [6.45, 7) is 4.59. The molecule has 0 saturated heterocycles. The van der Waals surface area contributed by atoms with Crippen molar-refractivity contribution in [3.05, 3.63) is 138 Å². The van der Waals surface area contributed by atoms with Crippen molar-refractivity contribution in [2.45, 2.75) is 18.7 Å². The van der Waals surface area contributed by atoms with Gasteiger partial charge in [0, 0.05) is 24.2 Å². The number of benzene rings is 4. The molecule has 4 aromatic rings. The van der Waals surface area contributed by atoms with E-state index in [0.29, 0.717) is 11.4 Å². The molecule has 0 fully saturated rings. The molecule has 0 amide bonds. The van der Waals surface area contributed by atoms with Crippen molar-refractivity contribution in [3.63, 3.8) is 0 Å². The van der Waals surface area contributed by atoms with E-state index in [2.05, 4.69) is 24.3 Å². The summed E-state index contributed by atoms with van der Waals surface area (Å²) in [6.07, 6.45) is 0. The van der Waals surface area contributed by atoms with Gasteiger partial charge in [0.2, 0.25) is 10.0 Å². The fraction of sp³-hybridized carbons (Fsp3) is 0.161. The minimum Gasteiger partial charge on any atom is -0.491 e. The molecule has 0 aromatic heterocycles. The number of nitrogens with zero attached hydrogens (tertiary/aromatic N) is 1. The second-order valence-electron chi connectivity index (χ2n) is 8.46. The van der Waals surface area contributed by atoms with Crippen LogP contribution in [0.5, 0.6) is 0 Å². The van der Waals surface area contributed by atoms with Crippen molar-refractivity contribution < 1.29 is 13.2 Å². The number of hydrogen-bond acceptors (Lipinski definition) is 3. The van der Waals surface area contributed by atoms with E-state index in [-0.39, 0.29) is 13.2 Å². The lowest BCUT2D eigenvalue weighted by Gasteiger charge is -2.23. The van der Waals surface area contributed by atoms with Crippen molar-refractivity contribution in [2.24, 2.45) is 0 Å². The maximum Gasteiger partial charge on any atom is 0.243 e. The molecular formula is C31H31NO3S. The third-order valence-electron chi connectivity index (χ3n) is 5.99. The van der Waals surface area contributed by atoms with Crippen molar-refractivity contribution in [3.8, 4) is 0 Å². The first-order valence-corrected chi connectivity index (χ1v) is 13.5. The highest BCUT2D eigenvalue weighted by molar-refractivity contribution is 7.89. The van der Waals surface area contributed by atoms with Crippen molar-refractivity contribution in [1.82, 2.24) is 4.31 Å². The van der Waals surface area contributed by atoms with Crippen LogP contribution in [-0.4, -0.2) is 32.4 Å². The van der Waals surface area contributed by atoms with Gasteiger partial charge in [-0.2, -0.15) is 4.31 Å². The lowest BCUT2D eigenvalue weighted by Crippen LogP contribution is -2.33. The molecular weight excluding hydrogens is 466 g/mol. The normalized spacial score (nSPS) is 11.3. The van der Waals surface area contributed by atoms with Crippen LogP contribution in [0.2, 0.25) is 0 Å². The smallest absolute Gasteiger partial charge is 0.243 e. The van der Waals surface area contributed by atoms with Crippen LogP contribution in [0.25, 0.3) is 11.3 Å². The van der Waals surface area contributed by atoms with E-state index in [0.717, 1.165) is 33.6 Å². The van der Waals surface area contributed by atoms with E-state index in [9.17, 15) is 8.42 Å². The molecule has 4 nitrogen and oxygen atoms in total. The lowest BCUT2D eigenvalue weighted by atomic mass is 9.94. The number of aryl methyl sites for hydroxylation is 1.